The van der Waals surface area contributed by atoms with Gasteiger partial charge in [0.25, 0.3) is 0 Å². The summed E-state index contributed by atoms with van der Waals surface area (Å²) in [5.74, 6) is -0.711. The van der Waals surface area contributed by atoms with E-state index in [1.807, 2.05) is 6.92 Å². The highest BCUT2D eigenvalue weighted by Gasteiger charge is 2.13. The Bertz CT molecular complexity index is 864. The number of benzene rings is 3. The molecule has 0 saturated heterocycles. The van der Waals surface area contributed by atoms with Crippen molar-refractivity contribution in [2.75, 3.05) is 0 Å². The van der Waals surface area contributed by atoms with Crippen molar-refractivity contribution in [1.82, 2.24) is 0 Å². The second-order valence-electron chi connectivity index (χ2n) is 6.44. The van der Waals surface area contributed by atoms with Crippen LogP contribution in [-0.4, -0.2) is 11.1 Å². The van der Waals surface area contributed by atoms with Crippen LogP contribution in [0.2, 0.25) is 0 Å². The Morgan fingerprint density at radius 1 is 0.917 bits per heavy atom. The molecule has 1 N–H and O–H groups in total. The number of aryl methyl sites for hydroxylation is 2. The van der Waals surface area contributed by atoms with E-state index >= 15 is 0 Å². The van der Waals surface area contributed by atoms with E-state index in [-0.39, 0.29) is 0 Å². The molecule has 0 unspecified atom stereocenters. The molecular weight excluding hydrogens is 296 g/mol. The highest BCUT2D eigenvalue weighted by Crippen LogP contribution is 2.33. The number of aliphatic carboxylic acids is 1. The summed E-state index contributed by atoms with van der Waals surface area (Å²) in [6, 6.07) is 18.0. The number of fused-ring (bicyclic) bond motifs is 5. The molecule has 1 aliphatic rings. The van der Waals surface area contributed by atoms with E-state index in [1.165, 1.54) is 47.2 Å². The molecule has 24 heavy (non-hydrogen) atoms. The molecule has 0 aromatic heterocycles. The van der Waals surface area contributed by atoms with Gasteiger partial charge in [0.2, 0.25) is 0 Å². The van der Waals surface area contributed by atoms with E-state index < -0.39 is 5.97 Å². The van der Waals surface area contributed by atoms with Crippen LogP contribution in [0.5, 0.6) is 0 Å². The third-order valence-electron chi connectivity index (χ3n) is 4.72. The Labute approximate surface area is 143 Å². The first-order valence-electron chi connectivity index (χ1n) is 8.84. The van der Waals surface area contributed by atoms with Crippen LogP contribution < -0.4 is 0 Å². The topological polar surface area (TPSA) is 37.3 Å². The van der Waals surface area contributed by atoms with Gasteiger partial charge in [0.15, 0.2) is 0 Å². The average molecular weight is 320 g/mol. The Kier molecular flexibility index (Phi) is 5.14. The zero-order valence-electron chi connectivity index (χ0n) is 14.2. The molecule has 1 aliphatic carbocycles. The molecule has 0 atom stereocenters. The van der Waals surface area contributed by atoms with E-state index in [1.54, 1.807) is 11.1 Å². The molecule has 3 aromatic rings. The molecule has 2 nitrogen and oxygen atoms in total. The van der Waals surface area contributed by atoms with Gasteiger partial charge >= 0.3 is 5.97 Å². The van der Waals surface area contributed by atoms with E-state index in [0.717, 1.165) is 6.42 Å². The number of hydrogen-bond acceptors (Lipinski definition) is 1. The van der Waals surface area contributed by atoms with Gasteiger partial charge in [-0.2, -0.15) is 0 Å². The van der Waals surface area contributed by atoms with Crippen molar-refractivity contribution in [3.63, 3.8) is 0 Å². The van der Waals surface area contributed by atoms with Gasteiger partial charge < -0.3 is 5.11 Å². The largest absolute Gasteiger partial charge is 0.481 e. The van der Waals surface area contributed by atoms with Gasteiger partial charge in [-0.05, 0) is 64.8 Å². The van der Waals surface area contributed by atoms with E-state index in [9.17, 15) is 4.79 Å². The molecule has 0 bridgehead atoms. The Morgan fingerprint density at radius 2 is 1.67 bits per heavy atom. The van der Waals surface area contributed by atoms with Crippen LogP contribution in [0.25, 0.3) is 21.5 Å². The first-order valence-corrected chi connectivity index (χ1v) is 8.84. The molecule has 0 fully saturated rings. The lowest BCUT2D eigenvalue weighted by Gasteiger charge is -2.18. The summed E-state index contributed by atoms with van der Waals surface area (Å²) in [5, 5.41) is 13.6. The van der Waals surface area contributed by atoms with Crippen LogP contribution in [0.4, 0.5) is 0 Å². The predicted octanol–water partition coefficient (Wildman–Crippen LogP) is 5.74. The second kappa shape index (κ2) is 7.48. The monoisotopic (exact) mass is 320 g/mol. The first kappa shape index (κ1) is 16.5. The lowest BCUT2D eigenvalue weighted by atomic mass is 9.86. The minimum atomic E-state index is -0.711. The van der Waals surface area contributed by atoms with Crippen LogP contribution in [-0.2, 0) is 17.6 Å². The fourth-order valence-corrected chi connectivity index (χ4v) is 3.56. The van der Waals surface area contributed by atoms with Crippen LogP contribution >= 0.6 is 0 Å². The molecule has 0 spiro atoms. The lowest BCUT2D eigenvalue weighted by molar-refractivity contribution is -0.137. The van der Waals surface area contributed by atoms with Crippen LogP contribution in [0.3, 0.4) is 0 Å². The summed E-state index contributed by atoms with van der Waals surface area (Å²) >= 11 is 0. The van der Waals surface area contributed by atoms with Gasteiger partial charge in [0.05, 0.1) is 0 Å². The van der Waals surface area contributed by atoms with Gasteiger partial charge in [-0.25, -0.2) is 0 Å². The van der Waals surface area contributed by atoms with Crippen molar-refractivity contribution in [2.24, 2.45) is 0 Å². The number of hydrogen-bond donors (Lipinski definition) is 1. The fraction of sp³-hybridized carbons (Fsp3) is 0.318. The summed E-state index contributed by atoms with van der Waals surface area (Å²) < 4.78 is 0. The van der Waals surface area contributed by atoms with Crippen molar-refractivity contribution < 1.29 is 9.90 Å². The number of carboxylic acids is 1. The summed E-state index contributed by atoms with van der Waals surface area (Å²) in [7, 11) is 0. The third-order valence-corrected chi connectivity index (χ3v) is 4.72. The molecule has 0 amide bonds. The van der Waals surface area contributed by atoms with Crippen molar-refractivity contribution in [2.45, 2.75) is 45.4 Å². The number of carboxylic acid groups (broad SMARTS) is 1. The molecule has 2 heteroatoms. The van der Waals surface area contributed by atoms with E-state index in [4.69, 9.17) is 5.11 Å². The molecule has 0 saturated carbocycles. The Hall–Kier alpha value is -2.35. The van der Waals surface area contributed by atoms with Crippen LogP contribution in [0, 0.1) is 0 Å². The first-order chi connectivity index (χ1) is 11.7. The summed E-state index contributed by atoms with van der Waals surface area (Å²) in [6.07, 6.45) is 6.24. The Morgan fingerprint density at radius 3 is 2.42 bits per heavy atom. The Balaban J connectivity index is 0.000000246. The summed E-state index contributed by atoms with van der Waals surface area (Å²) in [5.41, 5.74) is 3.17. The maximum atomic E-state index is 9.60. The molecule has 0 aliphatic heterocycles. The lowest BCUT2D eigenvalue weighted by Crippen LogP contribution is -2.02. The van der Waals surface area contributed by atoms with Crippen molar-refractivity contribution in [1.29, 1.82) is 0 Å². The van der Waals surface area contributed by atoms with Gasteiger partial charge in [-0.1, -0.05) is 55.5 Å². The van der Waals surface area contributed by atoms with E-state index in [0.29, 0.717) is 6.42 Å². The third kappa shape index (κ3) is 3.43. The van der Waals surface area contributed by atoms with Crippen LogP contribution in [0.1, 0.15) is 43.7 Å². The second-order valence-corrected chi connectivity index (χ2v) is 6.44. The van der Waals surface area contributed by atoms with Gasteiger partial charge in [-0.15, -0.1) is 0 Å². The maximum absolute atomic E-state index is 9.60. The number of rotatable bonds is 2. The molecule has 0 radical (unpaired) electrons. The summed E-state index contributed by atoms with van der Waals surface area (Å²) in [6.45, 7) is 1.84. The summed E-state index contributed by atoms with van der Waals surface area (Å²) in [4.78, 5) is 9.60. The van der Waals surface area contributed by atoms with Crippen molar-refractivity contribution in [3.8, 4) is 0 Å². The fourth-order valence-electron chi connectivity index (χ4n) is 3.56. The highest BCUT2D eigenvalue weighted by atomic mass is 16.4. The standard InChI is InChI=1S/C18H16.C4H8O2/c1-3-7-15-13(5-1)9-11-18-16-8-4-2-6-14(16)10-12-17(15)18;1-2-3-4(5)6/h1,3,5,7,9-12H,2,4,6,8H2;2-3H2,1H3,(H,5,6). The number of carbonyl (C=O) groups is 1. The quantitative estimate of drug-likeness (QED) is 0.611. The average Bonchev–Trinajstić information content (AvgIpc) is 2.61. The van der Waals surface area contributed by atoms with Gasteiger partial charge in [-0.3, -0.25) is 4.79 Å². The zero-order chi connectivity index (χ0) is 16.9. The highest BCUT2D eigenvalue weighted by molar-refractivity contribution is 6.08. The maximum Gasteiger partial charge on any atom is 0.303 e. The molecular formula is C22H24O2. The molecule has 4 rings (SSSR count). The smallest absolute Gasteiger partial charge is 0.303 e. The molecule has 3 aromatic carbocycles. The molecule has 0 heterocycles. The normalized spacial score (nSPS) is 13.2. The SMILES string of the molecule is CCCC(=O)O.c1ccc2c(c1)ccc1c3c(ccc12)CCCC3. The van der Waals surface area contributed by atoms with Crippen molar-refractivity contribution in [3.05, 3.63) is 59.7 Å². The van der Waals surface area contributed by atoms with Gasteiger partial charge in [0, 0.05) is 6.42 Å². The molecule has 124 valence electrons. The van der Waals surface area contributed by atoms with Gasteiger partial charge in [0.1, 0.15) is 0 Å². The van der Waals surface area contributed by atoms with Crippen LogP contribution in [0.15, 0.2) is 48.5 Å². The van der Waals surface area contributed by atoms with Crippen molar-refractivity contribution >= 4 is 27.5 Å². The predicted molar refractivity (Wildman–Crippen MR) is 101 cm³/mol. The minimum absolute atomic E-state index is 0.292. The minimum Gasteiger partial charge on any atom is -0.481 e. The zero-order valence-corrected chi connectivity index (χ0v) is 14.2. The van der Waals surface area contributed by atoms with E-state index in [2.05, 4.69) is 48.5 Å².